The Morgan fingerprint density at radius 3 is 2.64 bits per heavy atom. The van der Waals surface area contributed by atoms with E-state index in [0.717, 1.165) is 56.1 Å². The number of fused-ring (bicyclic) bond motifs is 1. The second-order valence-electron chi connectivity index (χ2n) is 9.66. The topological polar surface area (TPSA) is 60.3 Å². The van der Waals surface area contributed by atoms with Gasteiger partial charge in [0.1, 0.15) is 5.82 Å². The number of aromatic nitrogens is 2. The van der Waals surface area contributed by atoms with Gasteiger partial charge < -0.3 is 14.7 Å². The SMILES string of the molecule is CC(C)(C)Cc1nc2cc(ONOCC3CCNCC3)ccc2n1CC1CC1. The van der Waals surface area contributed by atoms with Crippen molar-refractivity contribution in [2.75, 3.05) is 19.7 Å². The zero-order valence-electron chi connectivity index (χ0n) is 17.5. The van der Waals surface area contributed by atoms with Crippen LogP contribution in [0, 0.1) is 17.3 Å². The fourth-order valence-corrected chi connectivity index (χ4v) is 3.87. The molecule has 28 heavy (non-hydrogen) atoms. The van der Waals surface area contributed by atoms with E-state index in [9.17, 15) is 0 Å². The van der Waals surface area contributed by atoms with Crippen molar-refractivity contribution in [3.8, 4) is 5.75 Å². The summed E-state index contributed by atoms with van der Waals surface area (Å²) in [5, 5.41) is 3.37. The average molecular weight is 387 g/mol. The molecule has 4 rings (SSSR count). The largest absolute Gasteiger partial charge is 0.383 e. The Morgan fingerprint density at radius 2 is 1.93 bits per heavy atom. The molecule has 2 aromatic rings. The van der Waals surface area contributed by atoms with Crippen LogP contribution in [0.3, 0.4) is 0 Å². The normalized spacial score (nSPS) is 18.7. The third-order valence-corrected chi connectivity index (χ3v) is 5.62. The molecule has 2 heterocycles. The summed E-state index contributed by atoms with van der Waals surface area (Å²) in [6.45, 7) is 10.7. The number of nitrogens with zero attached hydrogens (tertiary/aromatic N) is 2. The quantitative estimate of drug-likeness (QED) is 0.533. The van der Waals surface area contributed by atoms with Gasteiger partial charge in [-0.25, -0.2) is 4.98 Å². The molecule has 1 aromatic heterocycles. The molecule has 1 saturated carbocycles. The molecule has 0 bridgehead atoms. The van der Waals surface area contributed by atoms with Crippen molar-refractivity contribution in [3.63, 3.8) is 0 Å². The molecule has 0 radical (unpaired) electrons. The summed E-state index contributed by atoms with van der Waals surface area (Å²) < 4.78 is 2.42. The molecule has 6 nitrogen and oxygen atoms in total. The molecule has 1 aliphatic heterocycles. The van der Waals surface area contributed by atoms with Gasteiger partial charge in [-0.1, -0.05) is 20.8 Å². The lowest BCUT2D eigenvalue weighted by Crippen LogP contribution is -2.32. The van der Waals surface area contributed by atoms with E-state index in [2.05, 4.69) is 42.4 Å². The first kappa shape index (κ1) is 19.7. The highest BCUT2D eigenvalue weighted by Gasteiger charge is 2.26. The summed E-state index contributed by atoms with van der Waals surface area (Å²) in [6, 6.07) is 6.13. The highest BCUT2D eigenvalue weighted by Crippen LogP contribution is 2.34. The minimum atomic E-state index is 0.214. The minimum Gasteiger partial charge on any atom is -0.383 e. The molecule has 6 heteroatoms. The Labute approximate surface area is 167 Å². The maximum atomic E-state index is 5.61. The second kappa shape index (κ2) is 8.39. The van der Waals surface area contributed by atoms with Crippen molar-refractivity contribution < 1.29 is 9.68 Å². The molecule has 0 spiro atoms. The van der Waals surface area contributed by atoms with E-state index in [1.807, 2.05) is 12.1 Å². The van der Waals surface area contributed by atoms with Crippen LogP contribution in [0.1, 0.15) is 52.3 Å². The molecular weight excluding hydrogens is 352 g/mol. The number of benzene rings is 1. The maximum absolute atomic E-state index is 5.61. The number of imidazole rings is 1. The lowest BCUT2D eigenvalue weighted by molar-refractivity contribution is -0.119. The number of nitrogens with one attached hydrogen (secondary N) is 2. The van der Waals surface area contributed by atoms with E-state index >= 15 is 0 Å². The highest BCUT2D eigenvalue weighted by molar-refractivity contribution is 5.77. The van der Waals surface area contributed by atoms with Crippen LogP contribution < -0.4 is 15.8 Å². The Balaban J connectivity index is 1.41. The van der Waals surface area contributed by atoms with Gasteiger partial charge in [0.15, 0.2) is 5.75 Å². The molecule has 0 amide bonds. The van der Waals surface area contributed by atoms with E-state index in [0.29, 0.717) is 12.5 Å². The van der Waals surface area contributed by atoms with E-state index in [4.69, 9.17) is 14.7 Å². The third kappa shape index (κ3) is 5.25. The van der Waals surface area contributed by atoms with Crippen LogP contribution in [0.5, 0.6) is 5.75 Å². The molecule has 0 unspecified atom stereocenters. The van der Waals surface area contributed by atoms with Crippen molar-refractivity contribution in [2.45, 2.75) is 59.4 Å². The van der Waals surface area contributed by atoms with Crippen molar-refractivity contribution >= 4 is 11.0 Å². The zero-order chi connectivity index (χ0) is 19.6. The molecule has 2 N–H and O–H groups in total. The van der Waals surface area contributed by atoms with Crippen molar-refractivity contribution in [3.05, 3.63) is 24.0 Å². The third-order valence-electron chi connectivity index (χ3n) is 5.62. The van der Waals surface area contributed by atoms with Gasteiger partial charge >= 0.3 is 0 Å². The lowest BCUT2D eigenvalue weighted by atomic mass is 9.92. The summed E-state index contributed by atoms with van der Waals surface area (Å²) in [4.78, 5) is 16.1. The molecule has 154 valence electrons. The van der Waals surface area contributed by atoms with Crippen LogP contribution in [0.15, 0.2) is 18.2 Å². The van der Waals surface area contributed by atoms with Gasteiger partial charge in [0, 0.05) is 19.0 Å². The molecule has 0 atom stereocenters. The zero-order valence-corrected chi connectivity index (χ0v) is 17.5. The van der Waals surface area contributed by atoms with Crippen molar-refractivity contribution in [1.82, 2.24) is 20.5 Å². The first-order valence-electron chi connectivity index (χ1n) is 10.7. The van der Waals surface area contributed by atoms with Gasteiger partial charge in [-0.15, -0.1) is 0 Å². The number of piperidine rings is 1. The first-order valence-corrected chi connectivity index (χ1v) is 10.7. The fourth-order valence-electron chi connectivity index (χ4n) is 3.87. The summed E-state index contributed by atoms with van der Waals surface area (Å²) in [5.74, 6) is 3.33. The Kier molecular flexibility index (Phi) is 5.90. The van der Waals surface area contributed by atoms with Gasteiger partial charge in [0.2, 0.25) is 0 Å². The number of rotatable bonds is 8. The second-order valence-corrected chi connectivity index (χ2v) is 9.66. The molecule has 1 aromatic carbocycles. The summed E-state index contributed by atoms with van der Waals surface area (Å²) >= 11 is 0. The van der Waals surface area contributed by atoms with E-state index < -0.39 is 0 Å². The lowest BCUT2D eigenvalue weighted by Gasteiger charge is -2.21. The van der Waals surface area contributed by atoms with Crippen LogP contribution in [0.4, 0.5) is 0 Å². The van der Waals surface area contributed by atoms with E-state index in [1.54, 1.807) is 0 Å². The van der Waals surface area contributed by atoms with Crippen LogP contribution in [-0.4, -0.2) is 29.2 Å². The standard InChI is InChI=1S/C22H34N4O2/c1-22(2,3)13-21-24-19-12-18(6-7-20(19)26(21)14-16-4-5-16)28-25-27-15-17-8-10-23-11-9-17/h6-7,12,16-17,23,25H,4-5,8-11,13-15H2,1-3H3. The number of hydrogen-bond acceptors (Lipinski definition) is 5. The van der Waals surface area contributed by atoms with E-state index in [1.165, 1.54) is 24.2 Å². The fraction of sp³-hybridized carbons (Fsp3) is 0.682. The molecule has 2 fully saturated rings. The summed E-state index contributed by atoms with van der Waals surface area (Å²) in [7, 11) is 0. The van der Waals surface area contributed by atoms with Crippen LogP contribution in [-0.2, 0) is 17.8 Å². The van der Waals surface area contributed by atoms with Crippen LogP contribution in [0.2, 0.25) is 0 Å². The Bertz CT molecular complexity index is 786. The van der Waals surface area contributed by atoms with Gasteiger partial charge in [0.25, 0.3) is 0 Å². The number of hydrogen-bond donors (Lipinski definition) is 2. The van der Waals surface area contributed by atoms with Gasteiger partial charge in [-0.3, -0.25) is 4.84 Å². The van der Waals surface area contributed by atoms with Gasteiger partial charge in [0.05, 0.1) is 17.6 Å². The van der Waals surface area contributed by atoms with E-state index in [-0.39, 0.29) is 5.41 Å². The minimum absolute atomic E-state index is 0.214. The van der Waals surface area contributed by atoms with Crippen molar-refractivity contribution in [2.24, 2.45) is 17.3 Å². The van der Waals surface area contributed by atoms with Gasteiger partial charge in [-0.05, 0) is 73.8 Å². The Hall–Kier alpha value is -1.63. The molecule has 2 aliphatic rings. The van der Waals surface area contributed by atoms with Gasteiger partial charge in [-0.2, -0.15) is 0 Å². The molecular formula is C22H34N4O2. The summed E-state index contributed by atoms with van der Waals surface area (Å²) in [6.07, 6.45) is 5.97. The monoisotopic (exact) mass is 386 g/mol. The van der Waals surface area contributed by atoms with Crippen LogP contribution >= 0.6 is 0 Å². The maximum Gasteiger partial charge on any atom is 0.152 e. The predicted molar refractivity (Wildman–Crippen MR) is 111 cm³/mol. The molecule has 1 saturated heterocycles. The average Bonchev–Trinajstić information content (AvgIpc) is 3.41. The first-order chi connectivity index (χ1) is 13.5. The Morgan fingerprint density at radius 1 is 1.14 bits per heavy atom. The van der Waals surface area contributed by atoms with Crippen molar-refractivity contribution in [1.29, 1.82) is 0 Å². The predicted octanol–water partition coefficient (Wildman–Crippen LogP) is 3.85. The highest BCUT2D eigenvalue weighted by atomic mass is 16.9. The van der Waals surface area contributed by atoms with Crippen LogP contribution in [0.25, 0.3) is 11.0 Å². The molecule has 1 aliphatic carbocycles. The smallest absolute Gasteiger partial charge is 0.152 e. The summed E-state index contributed by atoms with van der Waals surface area (Å²) in [5.41, 5.74) is 5.08.